The van der Waals surface area contributed by atoms with Gasteiger partial charge < -0.3 is 10.2 Å². The Kier molecular flexibility index (Phi) is 6.39. The van der Waals surface area contributed by atoms with Gasteiger partial charge in [-0.2, -0.15) is 0 Å². The highest BCUT2D eigenvalue weighted by molar-refractivity contribution is 6.35. The standard InChI is InChI=1S/C17H17Cl2FN2O/c1-22(11-12-6-7-13(18)10-14(12)19)9-8-17(23)21-16-5-3-2-4-15(16)20/h2-7,10H,8-9,11H2,1H3,(H,21,23). The van der Waals surface area contributed by atoms with Crippen LogP contribution in [-0.2, 0) is 11.3 Å². The second kappa shape index (κ2) is 8.29. The van der Waals surface area contributed by atoms with Crippen molar-refractivity contribution in [3.8, 4) is 0 Å². The van der Waals surface area contributed by atoms with Gasteiger partial charge in [-0.3, -0.25) is 4.79 Å². The Morgan fingerprint density at radius 1 is 1.22 bits per heavy atom. The number of hydrogen-bond acceptors (Lipinski definition) is 2. The van der Waals surface area contributed by atoms with E-state index < -0.39 is 5.82 Å². The maximum absolute atomic E-state index is 13.5. The lowest BCUT2D eigenvalue weighted by atomic mass is 10.2. The molecule has 1 amide bonds. The van der Waals surface area contributed by atoms with Crippen molar-refractivity contribution in [1.29, 1.82) is 0 Å². The van der Waals surface area contributed by atoms with Crippen LogP contribution >= 0.6 is 23.2 Å². The van der Waals surface area contributed by atoms with Crippen LogP contribution in [0.1, 0.15) is 12.0 Å². The number of anilines is 1. The molecule has 0 radical (unpaired) electrons. The average Bonchev–Trinajstić information content (AvgIpc) is 2.50. The van der Waals surface area contributed by atoms with E-state index in [4.69, 9.17) is 23.2 Å². The Bertz CT molecular complexity index is 694. The number of rotatable bonds is 6. The predicted molar refractivity (Wildman–Crippen MR) is 92.4 cm³/mol. The second-order valence-corrected chi connectivity index (χ2v) is 6.10. The number of amides is 1. The molecule has 0 heterocycles. The summed E-state index contributed by atoms with van der Waals surface area (Å²) in [4.78, 5) is 13.9. The number of carbonyl (C=O) groups excluding carboxylic acids is 1. The summed E-state index contributed by atoms with van der Waals surface area (Å²) in [6.07, 6.45) is 0.260. The summed E-state index contributed by atoms with van der Waals surface area (Å²) in [5.74, 6) is -0.675. The first kappa shape index (κ1) is 17.7. The summed E-state index contributed by atoms with van der Waals surface area (Å²) < 4.78 is 13.5. The van der Waals surface area contributed by atoms with Crippen LogP contribution in [0, 0.1) is 5.82 Å². The Morgan fingerprint density at radius 2 is 1.96 bits per heavy atom. The van der Waals surface area contributed by atoms with Gasteiger partial charge in [-0.15, -0.1) is 0 Å². The molecule has 0 unspecified atom stereocenters. The smallest absolute Gasteiger partial charge is 0.225 e. The number of para-hydroxylation sites is 1. The van der Waals surface area contributed by atoms with Crippen molar-refractivity contribution in [2.45, 2.75) is 13.0 Å². The topological polar surface area (TPSA) is 32.3 Å². The van der Waals surface area contributed by atoms with Crippen molar-refractivity contribution < 1.29 is 9.18 Å². The lowest BCUT2D eigenvalue weighted by molar-refractivity contribution is -0.116. The Hall–Kier alpha value is -1.62. The van der Waals surface area contributed by atoms with Crippen LogP contribution in [-0.4, -0.2) is 24.4 Å². The summed E-state index contributed by atoms with van der Waals surface area (Å²) in [7, 11) is 1.89. The normalized spacial score (nSPS) is 10.8. The summed E-state index contributed by atoms with van der Waals surface area (Å²) >= 11 is 12.0. The molecule has 0 aliphatic rings. The molecule has 0 bridgehead atoms. The molecule has 23 heavy (non-hydrogen) atoms. The first-order valence-corrected chi connectivity index (χ1v) is 7.88. The van der Waals surface area contributed by atoms with Gasteiger partial charge in [-0.25, -0.2) is 4.39 Å². The highest BCUT2D eigenvalue weighted by Crippen LogP contribution is 2.22. The zero-order valence-corrected chi connectivity index (χ0v) is 14.2. The maximum atomic E-state index is 13.5. The van der Waals surface area contributed by atoms with E-state index in [2.05, 4.69) is 5.32 Å². The van der Waals surface area contributed by atoms with E-state index in [1.54, 1.807) is 24.3 Å². The molecule has 1 N–H and O–H groups in total. The van der Waals surface area contributed by atoms with Crippen LogP contribution in [0.2, 0.25) is 10.0 Å². The zero-order valence-electron chi connectivity index (χ0n) is 12.7. The summed E-state index contributed by atoms with van der Waals surface area (Å²) in [5.41, 5.74) is 1.13. The van der Waals surface area contributed by atoms with Gasteiger partial charge in [0, 0.05) is 29.6 Å². The van der Waals surface area contributed by atoms with E-state index in [1.165, 1.54) is 12.1 Å². The molecule has 0 saturated carbocycles. The van der Waals surface area contributed by atoms with Crippen LogP contribution in [0.25, 0.3) is 0 Å². The Balaban J connectivity index is 1.83. The molecule has 0 aromatic heterocycles. The molecule has 2 rings (SSSR count). The lowest BCUT2D eigenvalue weighted by Crippen LogP contribution is -2.24. The molecule has 0 saturated heterocycles. The van der Waals surface area contributed by atoms with E-state index in [1.807, 2.05) is 18.0 Å². The fraction of sp³-hybridized carbons (Fsp3) is 0.235. The third-order valence-electron chi connectivity index (χ3n) is 3.32. The molecule has 2 aromatic carbocycles. The van der Waals surface area contributed by atoms with Gasteiger partial charge in [0.2, 0.25) is 5.91 Å². The highest BCUT2D eigenvalue weighted by Gasteiger charge is 2.09. The number of benzene rings is 2. The van der Waals surface area contributed by atoms with Crippen molar-refractivity contribution in [2.24, 2.45) is 0 Å². The van der Waals surface area contributed by atoms with Crippen LogP contribution in [0.5, 0.6) is 0 Å². The Labute approximate surface area is 145 Å². The molecule has 3 nitrogen and oxygen atoms in total. The Morgan fingerprint density at radius 3 is 2.65 bits per heavy atom. The summed E-state index contributed by atoms with van der Waals surface area (Å²) in [6.45, 7) is 1.13. The van der Waals surface area contributed by atoms with Gasteiger partial charge in [-0.05, 0) is 36.9 Å². The molecule has 0 aliphatic carbocycles. The molecular weight excluding hydrogens is 338 g/mol. The van der Waals surface area contributed by atoms with Gasteiger partial charge in [-0.1, -0.05) is 41.4 Å². The molecule has 0 fully saturated rings. The van der Waals surface area contributed by atoms with E-state index >= 15 is 0 Å². The monoisotopic (exact) mass is 354 g/mol. The molecule has 0 spiro atoms. The number of halogens is 3. The van der Waals surface area contributed by atoms with Crippen molar-refractivity contribution in [3.63, 3.8) is 0 Å². The minimum absolute atomic E-state index is 0.195. The largest absolute Gasteiger partial charge is 0.324 e. The van der Waals surface area contributed by atoms with Gasteiger partial charge in [0.1, 0.15) is 5.82 Å². The second-order valence-electron chi connectivity index (χ2n) is 5.25. The lowest BCUT2D eigenvalue weighted by Gasteiger charge is -2.17. The minimum Gasteiger partial charge on any atom is -0.324 e. The first-order chi connectivity index (χ1) is 11.0. The third kappa shape index (κ3) is 5.50. The highest BCUT2D eigenvalue weighted by atomic mass is 35.5. The fourth-order valence-electron chi connectivity index (χ4n) is 2.09. The van der Waals surface area contributed by atoms with E-state index in [0.717, 1.165) is 5.56 Å². The summed E-state index contributed by atoms with van der Waals surface area (Å²) in [5, 5.41) is 3.75. The third-order valence-corrected chi connectivity index (χ3v) is 3.91. The predicted octanol–water partition coefficient (Wildman–Crippen LogP) is 4.59. The van der Waals surface area contributed by atoms with Crippen LogP contribution in [0.3, 0.4) is 0 Å². The minimum atomic E-state index is -0.442. The quantitative estimate of drug-likeness (QED) is 0.822. The molecule has 0 atom stereocenters. The molecular formula is C17H17Cl2FN2O. The first-order valence-electron chi connectivity index (χ1n) is 7.12. The van der Waals surface area contributed by atoms with Crippen molar-refractivity contribution in [3.05, 3.63) is 63.9 Å². The number of nitrogens with zero attached hydrogens (tertiary/aromatic N) is 1. The molecule has 6 heteroatoms. The SMILES string of the molecule is CN(CCC(=O)Nc1ccccc1F)Cc1ccc(Cl)cc1Cl. The number of hydrogen-bond donors (Lipinski definition) is 1. The van der Waals surface area contributed by atoms with Crippen LogP contribution < -0.4 is 5.32 Å². The van der Waals surface area contributed by atoms with E-state index in [9.17, 15) is 9.18 Å². The molecule has 122 valence electrons. The molecule has 2 aromatic rings. The molecule has 0 aliphatic heterocycles. The summed E-state index contributed by atoms with van der Waals surface area (Å²) in [6, 6.07) is 11.4. The van der Waals surface area contributed by atoms with Gasteiger partial charge in [0.25, 0.3) is 0 Å². The van der Waals surface area contributed by atoms with E-state index in [-0.39, 0.29) is 18.0 Å². The average molecular weight is 355 g/mol. The zero-order chi connectivity index (χ0) is 16.8. The number of carbonyl (C=O) groups is 1. The van der Waals surface area contributed by atoms with Crippen molar-refractivity contribution >= 4 is 34.8 Å². The van der Waals surface area contributed by atoms with Crippen molar-refractivity contribution in [2.75, 3.05) is 18.9 Å². The maximum Gasteiger partial charge on any atom is 0.225 e. The van der Waals surface area contributed by atoms with E-state index in [0.29, 0.717) is 23.1 Å². The fourth-order valence-corrected chi connectivity index (χ4v) is 2.56. The van der Waals surface area contributed by atoms with Crippen LogP contribution in [0.15, 0.2) is 42.5 Å². The van der Waals surface area contributed by atoms with Gasteiger partial charge in [0.05, 0.1) is 5.69 Å². The van der Waals surface area contributed by atoms with Crippen molar-refractivity contribution in [1.82, 2.24) is 4.90 Å². The van der Waals surface area contributed by atoms with Crippen LogP contribution in [0.4, 0.5) is 10.1 Å². The van der Waals surface area contributed by atoms with Gasteiger partial charge in [0.15, 0.2) is 0 Å². The van der Waals surface area contributed by atoms with Gasteiger partial charge >= 0.3 is 0 Å². The number of nitrogens with one attached hydrogen (secondary N) is 1.